The molecule has 33 heavy (non-hydrogen) atoms. The van der Waals surface area contributed by atoms with Crippen molar-refractivity contribution in [2.24, 2.45) is 0 Å². The Morgan fingerprint density at radius 2 is 1.48 bits per heavy atom. The van der Waals surface area contributed by atoms with E-state index >= 15 is 0 Å². The molecule has 1 fully saturated rings. The average molecular weight is 469 g/mol. The summed E-state index contributed by atoms with van der Waals surface area (Å²) in [6.45, 7) is 2.87. The number of benzene rings is 2. The standard InChI is InChI=1S/C23H24N4O5S/c28-22(24-25-23(29)21-7-4-16-32-21)19-8-10-20(11-9-19)33(30,31)27-14-12-26(13-15-27)17-18-5-2-1-3-6-18/h1-11,16H,12-15,17H2,(H,24,28)(H,25,29). The molecule has 2 N–H and O–H groups in total. The van der Waals surface area contributed by atoms with Gasteiger partial charge in [0, 0.05) is 38.3 Å². The Labute approximate surface area is 192 Å². The van der Waals surface area contributed by atoms with Gasteiger partial charge in [-0.2, -0.15) is 4.31 Å². The van der Waals surface area contributed by atoms with Crippen LogP contribution in [0.25, 0.3) is 0 Å². The first kappa shape index (κ1) is 22.7. The van der Waals surface area contributed by atoms with Crippen LogP contribution in [0.2, 0.25) is 0 Å². The zero-order valence-corrected chi connectivity index (χ0v) is 18.6. The summed E-state index contributed by atoms with van der Waals surface area (Å²) in [6.07, 6.45) is 1.35. The van der Waals surface area contributed by atoms with Crippen molar-refractivity contribution in [2.75, 3.05) is 26.2 Å². The second-order valence-corrected chi connectivity index (χ2v) is 9.51. The topological polar surface area (TPSA) is 112 Å². The van der Waals surface area contributed by atoms with Crippen LogP contribution in [-0.2, 0) is 16.6 Å². The second-order valence-electron chi connectivity index (χ2n) is 7.58. The summed E-state index contributed by atoms with van der Waals surface area (Å²) in [5.41, 5.74) is 5.91. The van der Waals surface area contributed by atoms with E-state index in [9.17, 15) is 18.0 Å². The number of furan rings is 1. The molecule has 2 aromatic carbocycles. The number of carbonyl (C=O) groups excluding carboxylic acids is 2. The van der Waals surface area contributed by atoms with E-state index in [0.717, 1.165) is 6.54 Å². The zero-order valence-electron chi connectivity index (χ0n) is 17.8. The van der Waals surface area contributed by atoms with Gasteiger partial charge >= 0.3 is 5.91 Å². The molecular weight excluding hydrogens is 444 g/mol. The highest BCUT2D eigenvalue weighted by atomic mass is 32.2. The Morgan fingerprint density at radius 3 is 2.12 bits per heavy atom. The normalized spacial score (nSPS) is 15.2. The fraction of sp³-hybridized carbons (Fsp3) is 0.217. The number of hydrazine groups is 1. The molecule has 0 saturated carbocycles. The number of amides is 2. The summed E-state index contributed by atoms with van der Waals surface area (Å²) in [4.78, 5) is 26.4. The number of nitrogens with zero attached hydrogens (tertiary/aromatic N) is 2. The highest BCUT2D eigenvalue weighted by Gasteiger charge is 2.28. The third-order valence-electron chi connectivity index (χ3n) is 5.37. The molecule has 1 saturated heterocycles. The lowest BCUT2D eigenvalue weighted by Gasteiger charge is -2.34. The first-order chi connectivity index (χ1) is 15.9. The molecule has 10 heteroatoms. The van der Waals surface area contributed by atoms with E-state index in [4.69, 9.17) is 4.42 Å². The van der Waals surface area contributed by atoms with Crippen LogP contribution in [0.3, 0.4) is 0 Å². The van der Waals surface area contributed by atoms with Crippen molar-refractivity contribution in [1.82, 2.24) is 20.1 Å². The minimum Gasteiger partial charge on any atom is -0.459 e. The molecule has 0 radical (unpaired) electrons. The van der Waals surface area contributed by atoms with Crippen LogP contribution >= 0.6 is 0 Å². The summed E-state index contributed by atoms with van der Waals surface area (Å²) in [7, 11) is -3.66. The number of hydrogen-bond donors (Lipinski definition) is 2. The number of nitrogens with one attached hydrogen (secondary N) is 2. The Morgan fingerprint density at radius 1 is 0.818 bits per heavy atom. The summed E-state index contributed by atoms with van der Waals surface area (Å²) in [5, 5.41) is 0. The SMILES string of the molecule is O=C(NNC(=O)c1ccco1)c1ccc(S(=O)(=O)N2CCN(Cc3ccccc3)CC2)cc1. The molecule has 0 bridgehead atoms. The zero-order chi connectivity index (χ0) is 23.3. The molecule has 0 unspecified atom stereocenters. The van der Waals surface area contributed by atoms with Crippen LogP contribution < -0.4 is 10.9 Å². The van der Waals surface area contributed by atoms with Gasteiger partial charge < -0.3 is 4.42 Å². The minimum absolute atomic E-state index is 0.0561. The maximum absolute atomic E-state index is 13.0. The first-order valence-corrected chi connectivity index (χ1v) is 11.9. The van der Waals surface area contributed by atoms with Gasteiger partial charge in [-0.25, -0.2) is 8.42 Å². The molecular formula is C23H24N4O5S. The van der Waals surface area contributed by atoms with Crippen LogP contribution in [0.15, 0.2) is 82.3 Å². The monoisotopic (exact) mass is 468 g/mol. The van der Waals surface area contributed by atoms with Gasteiger partial charge in [-0.05, 0) is 42.0 Å². The quantitative estimate of drug-likeness (QED) is 0.534. The van der Waals surface area contributed by atoms with Gasteiger partial charge in [0.2, 0.25) is 10.0 Å². The number of hydrogen-bond acceptors (Lipinski definition) is 6. The van der Waals surface area contributed by atoms with Gasteiger partial charge in [0.05, 0.1) is 11.2 Å². The number of rotatable bonds is 6. The van der Waals surface area contributed by atoms with Crippen molar-refractivity contribution in [1.29, 1.82) is 0 Å². The van der Waals surface area contributed by atoms with Gasteiger partial charge in [-0.1, -0.05) is 30.3 Å². The number of sulfonamides is 1. The van der Waals surface area contributed by atoms with Crippen LogP contribution in [0.4, 0.5) is 0 Å². The van der Waals surface area contributed by atoms with E-state index in [-0.39, 0.29) is 16.2 Å². The van der Waals surface area contributed by atoms with Gasteiger partial charge in [0.1, 0.15) is 0 Å². The lowest BCUT2D eigenvalue weighted by Crippen LogP contribution is -2.48. The molecule has 2 heterocycles. The summed E-state index contributed by atoms with van der Waals surface area (Å²) >= 11 is 0. The van der Waals surface area contributed by atoms with Gasteiger partial charge in [-0.3, -0.25) is 25.3 Å². The largest absolute Gasteiger partial charge is 0.459 e. The average Bonchev–Trinajstić information content (AvgIpc) is 3.39. The minimum atomic E-state index is -3.66. The van der Waals surface area contributed by atoms with Crippen LogP contribution in [0.5, 0.6) is 0 Å². The van der Waals surface area contributed by atoms with E-state index in [1.54, 1.807) is 6.07 Å². The Bertz CT molecular complexity index is 1190. The van der Waals surface area contributed by atoms with E-state index in [2.05, 4.69) is 27.9 Å². The highest BCUT2D eigenvalue weighted by Crippen LogP contribution is 2.19. The van der Waals surface area contributed by atoms with Crippen molar-refractivity contribution in [3.63, 3.8) is 0 Å². The van der Waals surface area contributed by atoms with E-state index < -0.39 is 21.8 Å². The van der Waals surface area contributed by atoms with Gasteiger partial charge in [0.25, 0.3) is 5.91 Å². The molecule has 3 aromatic rings. The summed E-state index contributed by atoms with van der Waals surface area (Å²) in [6, 6.07) is 18.7. The Kier molecular flexibility index (Phi) is 6.87. The van der Waals surface area contributed by atoms with Gasteiger partial charge in [-0.15, -0.1) is 0 Å². The summed E-state index contributed by atoms with van der Waals surface area (Å²) in [5.74, 6) is -1.12. The first-order valence-electron chi connectivity index (χ1n) is 10.4. The molecule has 9 nitrogen and oxygen atoms in total. The fourth-order valence-electron chi connectivity index (χ4n) is 3.55. The molecule has 0 atom stereocenters. The molecule has 0 spiro atoms. The second kappa shape index (κ2) is 9.99. The Hall–Kier alpha value is -3.47. The molecule has 4 rings (SSSR count). The molecule has 1 aromatic heterocycles. The van der Waals surface area contributed by atoms with Crippen molar-refractivity contribution in [2.45, 2.75) is 11.4 Å². The van der Waals surface area contributed by atoms with Crippen molar-refractivity contribution in [3.8, 4) is 0 Å². The molecule has 2 amide bonds. The van der Waals surface area contributed by atoms with Crippen LogP contribution in [-0.4, -0.2) is 55.6 Å². The molecule has 1 aliphatic heterocycles. The van der Waals surface area contributed by atoms with Crippen LogP contribution in [0.1, 0.15) is 26.5 Å². The summed E-state index contributed by atoms with van der Waals surface area (Å²) < 4.78 is 32.4. The maximum atomic E-state index is 13.0. The lowest BCUT2D eigenvalue weighted by atomic mass is 10.2. The maximum Gasteiger partial charge on any atom is 0.305 e. The van der Waals surface area contributed by atoms with E-state index in [1.807, 2.05) is 18.2 Å². The third-order valence-corrected chi connectivity index (χ3v) is 7.28. The molecule has 0 aliphatic carbocycles. The van der Waals surface area contributed by atoms with Crippen molar-refractivity contribution in [3.05, 3.63) is 89.9 Å². The predicted octanol–water partition coefficient (Wildman–Crippen LogP) is 1.86. The Balaban J connectivity index is 1.32. The van der Waals surface area contributed by atoms with E-state index in [0.29, 0.717) is 26.2 Å². The van der Waals surface area contributed by atoms with Crippen molar-refractivity contribution < 1.29 is 22.4 Å². The molecule has 172 valence electrons. The molecule has 1 aliphatic rings. The fourth-order valence-corrected chi connectivity index (χ4v) is 4.97. The number of piperazine rings is 1. The third kappa shape index (κ3) is 5.48. The number of carbonyl (C=O) groups is 2. The van der Waals surface area contributed by atoms with Gasteiger partial charge in [0.15, 0.2) is 5.76 Å². The van der Waals surface area contributed by atoms with Crippen molar-refractivity contribution >= 4 is 21.8 Å². The van der Waals surface area contributed by atoms with E-state index in [1.165, 1.54) is 46.5 Å². The smallest absolute Gasteiger partial charge is 0.305 e. The predicted molar refractivity (Wildman–Crippen MR) is 121 cm³/mol. The van der Waals surface area contributed by atoms with Crippen LogP contribution in [0, 0.1) is 0 Å². The lowest BCUT2D eigenvalue weighted by molar-refractivity contribution is 0.0831. The highest BCUT2D eigenvalue weighted by molar-refractivity contribution is 7.89.